The van der Waals surface area contributed by atoms with Gasteiger partial charge in [0.2, 0.25) is 5.91 Å². The lowest BCUT2D eigenvalue weighted by atomic mass is 10.0. The fourth-order valence-corrected chi connectivity index (χ4v) is 2.32. The molecule has 8 nitrogen and oxygen atoms in total. The van der Waals surface area contributed by atoms with Gasteiger partial charge < -0.3 is 21.1 Å². The fourth-order valence-electron chi connectivity index (χ4n) is 2.32. The summed E-state index contributed by atoms with van der Waals surface area (Å²) in [4.78, 5) is 37.4. The molecule has 0 aromatic carbocycles. The van der Waals surface area contributed by atoms with Crippen LogP contribution >= 0.6 is 0 Å². The molecule has 0 aromatic heterocycles. The normalized spacial score (nSPS) is 18.1. The highest BCUT2D eigenvalue weighted by Crippen LogP contribution is 2.11. The lowest BCUT2D eigenvalue weighted by Crippen LogP contribution is -2.58. The third-order valence-corrected chi connectivity index (χ3v) is 3.57. The van der Waals surface area contributed by atoms with Crippen LogP contribution in [0.5, 0.6) is 0 Å². The van der Waals surface area contributed by atoms with Gasteiger partial charge in [0.05, 0.1) is 0 Å². The number of amides is 3. The van der Waals surface area contributed by atoms with E-state index < -0.39 is 23.5 Å². The summed E-state index contributed by atoms with van der Waals surface area (Å²) in [5, 5.41) is 11.7. The molecule has 1 aliphatic heterocycles. The number of hydrogen-bond acceptors (Lipinski definition) is 4. The molecule has 0 radical (unpaired) electrons. The zero-order valence-electron chi connectivity index (χ0n) is 12.8. The Morgan fingerprint density at radius 3 is 2.19 bits per heavy atom. The maximum Gasteiger partial charge on any atom is 0.320 e. The quantitative estimate of drug-likeness (QED) is 0.629. The summed E-state index contributed by atoms with van der Waals surface area (Å²) in [6, 6.07) is -0.814. The van der Waals surface area contributed by atoms with Crippen molar-refractivity contribution in [2.24, 2.45) is 5.73 Å². The van der Waals surface area contributed by atoms with E-state index in [9.17, 15) is 14.4 Å². The first-order valence-electron chi connectivity index (χ1n) is 6.94. The van der Waals surface area contributed by atoms with Crippen molar-refractivity contribution in [3.63, 3.8) is 0 Å². The van der Waals surface area contributed by atoms with Crippen molar-refractivity contribution in [1.29, 1.82) is 0 Å². The number of carboxylic acids is 1. The largest absolute Gasteiger partial charge is 0.480 e. The highest BCUT2D eigenvalue weighted by atomic mass is 16.4. The minimum Gasteiger partial charge on any atom is -0.480 e. The van der Waals surface area contributed by atoms with E-state index in [1.165, 1.54) is 0 Å². The number of nitrogens with one attached hydrogen (secondary N) is 1. The van der Waals surface area contributed by atoms with Gasteiger partial charge in [-0.25, -0.2) is 4.79 Å². The number of nitrogens with zero attached hydrogens (tertiary/aromatic N) is 2. The number of nitrogens with two attached hydrogens (primary N) is 1. The number of carbonyl (C=O) groups excluding carboxylic acids is 2. The zero-order valence-corrected chi connectivity index (χ0v) is 12.8. The topological polar surface area (TPSA) is 116 Å². The van der Waals surface area contributed by atoms with E-state index in [0.717, 1.165) is 0 Å². The Morgan fingerprint density at radius 1 is 1.24 bits per heavy atom. The molecular weight excluding hydrogens is 276 g/mol. The Labute approximate surface area is 124 Å². The summed E-state index contributed by atoms with van der Waals surface area (Å²) in [7, 11) is 0. The van der Waals surface area contributed by atoms with Crippen LogP contribution in [-0.2, 0) is 9.59 Å². The lowest BCUT2D eigenvalue weighted by molar-refractivity contribution is -0.143. The predicted octanol–water partition coefficient (Wildman–Crippen LogP) is -0.559. The van der Waals surface area contributed by atoms with Crippen LogP contribution in [-0.4, -0.2) is 70.6 Å². The molecule has 1 aliphatic rings. The van der Waals surface area contributed by atoms with E-state index in [4.69, 9.17) is 10.8 Å². The number of piperazine rings is 1. The van der Waals surface area contributed by atoms with Crippen molar-refractivity contribution in [3.05, 3.63) is 0 Å². The van der Waals surface area contributed by atoms with Gasteiger partial charge in [-0.1, -0.05) is 0 Å². The van der Waals surface area contributed by atoms with E-state index in [2.05, 4.69) is 5.32 Å². The standard InChI is InChI=1S/C13H24N4O4/c1-9(11(19)20)16-4-6-17(7-5-16)12(21)15-13(2,3)8-10(14)18/h9H,4-8H2,1-3H3,(H2,14,18)(H,15,21)(H,19,20). The zero-order chi connectivity index (χ0) is 16.2. The van der Waals surface area contributed by atoms with Crippen molar-refractivity contribution in [1.82, 2.24) is 15.1 Å². The van der Waals surface area contributed by atoms with Gasteiger partial charge in [-0.2, -0.15) is 0 Å². The number of carbonyl (C=O) groups is 3. The molecule has 1 heterocycles. The van der Waals surface area contributed by atoms with Crippen LogP contribution in [0.1, 0.15) is 27.2 Å². The number of aliphatic carboxylic acids is 1. The monoisotopic (exact) mass is 300 g/mol. The summed E-state index contributed by atoms with van der Waals surface area (Å²) in [6.45, 7) is 7.03. The Morgan fingerprint density at radius 2 is 1.76 bits per heavy atom. The smallest absolute Gasteiger partial charge is 0.320 e. The first-order valence-corrected chi connectivity index (χ1v) is 6.94. The summed E-state index contributed by atoms with van der Waals surface area (Å²) >= 11 is 0. The van der Waals surface area contributed by atoms with E-state index >= 15 is 0 Å². The Bertz CT molecular complexity index is 416. The van der Waals surface area contributed by atoms with Crippen molar-refractivity contribution >= 4 is 17.9 Å². The number of primary amides is 1. The summed E-state index contributed by atoms with van der Waals surface area (Å²) in [6.07, 6.45) is 0.0642. The van der Waals surface area contributed by atoms with Crippen molar-refractivity contribution in [3.8, 4) is 0 Å². The number of rotatable bonds is 5. The third-order valence-electron chi connectivity index (χ3n) is 3.57. The van der Waals surface area contributed by atoms with E-state index in [0.29, 0.717) is 26.2 Å². The van der Waals surface area contributed by atoms with Gasteiger partial charge in [-0.3, -0.25) is 14.5 Å². The maximum absolute atomic E-state index is 12.1. The second-order valence-corrected chi connectivity index (χ2v) is 5.99. The minimum absolute atomic E-state index is 0.0642. The second-order valence-electron chi connectivity index (χ2n) is 5.99. The van der Waals surface area contributed by atoms with Crippen molar-refractivity contribution in [2.45, 2.75) is 38.8 Å². The fraction of sp³-hybridized carbons (Fsp3) is 0.769. The van der Waals surface area contributed by atoms with Gasteiger partial charge in [-0.15, -0.1) is 0 Å². The molecule has 1 atom stereocenters. The average molecular weight is 300 g/mol. The maximum atomic E-state index is 12.1. The van der Waals surface area contributed by atoms with Gasteiger partial charge >= 0.3 is 12.0 Å². The molecule has 0 spiro atoms. The number of urea groups is 1. The Kier molecular flexibility index (Phi) is 5.54. The molecule has 8 heteroatoms. The van der Waals surface area contributed by atoms with Crippen LogP contribution in [0.25, 0.3) is 0 Å². The van der Waals surface area contributed by atoms with E-state index in [1.807, 2.05) is 4.90 Å². The minimum atomic E-state index is -0.865. The second kappa shape index (κ2) is 6.75. The molecule has 4 N–H and O–H groups in total. The molecule has 120 valence electrons. The molecule has 3 amide bonds. The molecule has 1 saturated heterocycles. The molecule has 1 fully saturated rings. The van der Waals surface area contributed by atoms with Crippen molar-refractivity contribution in [2.75, 3.05) is 26.2 Å². The summed E-state index contributed by atoms with van der Waals surface area (Å²) in [5.74, 6) is -1.34. The molecule has 1 rings (SSSR count). The first kappa shape index (κ1) is 17.2. The Hall–Kier alpha value is -1.83. The number of carboxylic acid groups (broad SMARTS) is 1. The molecular formula is C13H24N4O4. The van der Waals surface area contributed by atoms with Crippen LogP contribution in [0.3, 0.4) is 0 Å². The average Bonchev–Trinajstić information content (AvgIpc) is 2.35. The molecule has 1 unspecified atom stereocenters. The van der Waals surface area contributed by atoms with Crippen molar-refractivity contribution < 1.29 is 19.5 Å². The van der Waals surface area contributed by atoms with Crippen LogP contribution < -0.4 is 11.1 Å². The third kappa shape index (κ3) is 5.22. The summed E-state index contributed by atoms with van der Waals surface area (Å²) < 4.78 is 0. The molecule has 0 bridgehead atoms. The van der Waals surface area contributed by atoms with Gasteiger partial charge in [0.1, 0.15) is 6.04 Å². The van der Waals surface area contributed by atoms with Gasteiger partial charge in [0, 0.05) is 38.1 Å². The van der Waals surface area contributed by atoms with Gasteiger partial charge in [-0.05, 0) is 20.8 Å². The highest BCUT2D eigenvalue weighted by Gasteiger charge is 2.30. The lowest BCUT2D eigenvalue weighted by Gasteiger charge is -2.38. The van der Waals surface area contributed by atoms with Crippen LogP contribution in [0.4, 0.5) is 4.79 Å². The van der Waals surface area contributed by atoms with Gasteiger partial charge in [0.25, 0.3) is 0 Å². The molecule has 21 heavy (non-hydrogen) atoms. The summed E-state index contributed by atoms with van der Waals surface area (Å²) in [5.41, 5.74) is 4.45. The molecule has 0 aromatic rings. The molecule has 0 saturated carbocycles. The SMILES string of the molecule is CC(C(=O)O)N1CCN(C(=O)NC(C)(C)CC(N)=O)CC1. The number of hydrogen-bond donors (Lipinski definition) is 3. The Balaban J connectivity index is 2.49. The predicted molar refractivity (Wildman–Crippen MR) is 76.7 cm³/mol. The van der Waals surface area contributed by atoms with Crippen LogP contribution in [0.15, 0.2) is 0 Å². The molecule has 0 aliphatic carbocycles. The van der Waals surface area contributed by atoms with E-state index in [-0.39, 0.29) is 12.5 Å². The van der Waals surface area contributed by atoms with Crippen LogP contribution in [0, 0.1) is 0 Å². The first-order chi connectivity index (χ1) is 9.62. The van der Waals surface area contributed by atoms with Gasteiger partial charge in [0.15, 0.2) is 0 Å². The highest BCUT2D eigenvalue weighted by molar-refractivity contribution is 5.79. The van der Waals surface area contributed by atoms with E-state index in [1.54, 1.807) is 25.7 Å². The van der Waals surface area contributed by atoms with Crippen LogP contribution in [0.2, 0.25) is 0 Å².